The van der Waals surface area contributed by atoms with Gasteiger partial charge in [0.1, 0.15) is 5.75 Å². The molecule has 0 aliphatic heterocycles. The van der Waals surface area contributed by atoms with Gasteiger partial charge in [0, 0.05) is 12.7 Å². The van der Waals surface area contributed by atoms with Gasteiger partial charge in [0.25, 0.3) is 0 Å². The molecule has 0 fully saturated rings. The van der Waals surface area contributed by atoms with Crippen LogP contribution >= 0.6 is 0 Å². The fourth-order valence-electron chi connectivity index (χ4n) is 1.73. The second-order valence-corrected chi connectivity index (χ2v) is 3.74. The molecule has 1 unspecified atom stereocenters. The molecule has 1 N–H and O–H groups in total. The van der Waals surface area contributed by atoms with Crippen LogP contribution in [0.15, 0.2) is 48.6 Å². The van der Waals surface area contributed by atoms with Gasteiger partial charge in [0.05, 0.1) is 6.04 Å². The van der Waals surface area contributed by atoms with E-state index >= 15 is 0 Å². The van der Waals surface area contributed by atoms with E-state index in [9.17, 15) is 5.11 Å². The molecule has 0 saturated heterocycles. The smallest absolute Gasteiger partial charge is 0.115 e. The summed E-state index contributed by atoms with van der Waals surface area (Å²) in [6, 6.07) is 7.71. The van der Waals surface area contributed by atoms with Gasteiger partial charge in [-0.05, 0) is 30.7 Å². The Bertz CT molecular complexity index is 378. The third-order valence-electron chi connectivity index (χ3n) is 2.71. The Morgan fingerprint density at radius 1 is 1.20 bits per heavy atom. The maximum atomic E-state index is 9.21. The van der Waals surface area contributed by atoms with Gasteiger partial charge in [-0.25, -0.2) is 0 Å². The predicted molar refractivity (Wildman–Crippen MR) is 63.2 cm³/mol. The predicted octanol–water partition coefficient (Wildman–Crippen LogP) is 2.71. The molecule has 15 heavy (non-hydrogen) atoms. The lowest BCUT2D eigenvalue weighted by Gasteiger charge is -2.28. The number of phenols is 1. The van der Waals surface area contributed by atoms with E-state index in [4.69, 9.17) is 0 Å². The average Bonchev–Trinajstić information content (AvgIpc) is 2.30. The van der Waals surface area contributed by atoms with Gasteiger partial charge in [-0.1, -0.05) is 24.3 Å². The number of allylic oxidation sites excluding steroid dienone is 2. The Kier molecular flexibility index (Phi) is 2.77. The molecule has 0 bridgehead atoms. The minimum Gasteiger partial charge on any atom is -0.508 e. The van der Waals surface area contributed by atoms with Crippen molar-refractivity contribution in [1.29, 1.82) is 0 Å². The Labute approximate surface area is 90.2 Å². The van der Waals surface area contributed by atoms with Gasteiger partial charge in [-0.3, -0.25) is 0 Å². The summed E-state index contributed by atoms with van der Waals surface area (Å²) in [5.74, 6) is 0.311. The molecule has 0 heterocycles. The standard InChI is InChI=1S/C13H15NO/c1-14(11-5-3-2-4-6-11)12-7-9-13(15)10-8-12/h2-5,7-11,15H,6H2,1H3. The summed E-state index contributed by atoms with van der Waals surface area (Å²) in [6.07, 6.45) is 9.54. The molecule has 0 amide bonds. The quantitative estimate of drug-likeness (QED) is 0.795. The second kappa shape index (κ2) is 4.22. The third kappa shape index (κ3) is 2.21. The molecule has 1 aliphatic carbocycles. The number of phenolic OH excluding ortho intramolecular Hbond substituents is 1. The van der Waals surface area contributed by atoms with Crippen LogP contribution in [0.4, 0.5) is 5.69 Å². The lowest BCUT2D eigenvalue weighted by atomic mass is 10.1. The van der Waals surface area contributed by atoms with Crippen molar-refractivity contribution < 1.29 is 5.11 Å². The number of nitrogens with zero attached hydrogens (tertiary/aromatic N) is 1. The van der Waals surface area contributed by atoms with Gasteiger partial charge < -0.3 is 10.0 Å². The van der Waals surface area contributed by atoms with E-state index in [1.54, 1.807) is 12.1 Å². The van der Waals surface area contributed by atoms with Crippen molar-refractivity contribution in [3.8, 4) is 5.75 Å². The van der Waals surface area contributed by atoms with E-state index in [-0.39, 0.29) is 0 Å². The van der Waals surface area contributed by atoms with Crippen molar-refractivity contribution >= 4 is 5.69 Å². The van der Waals surface area contributed by atoms with Crippen LogP contribution < -0.4 is 4.90 Å². The van der Waals surface area contributed by atoms with Gasteiger partial charge in [0.15, 0.2) is 0 Å². The Hall–Kier alpha value is -1.70. The van der Waals surface area contributed by atoms with Crippen LogP contribution in [-0.4, -0.2) is 18.2 Å². The number of hydrogen-bond acceptors (Lipinski definition) is 2. The first-order chi connectivity index (χ1) is 7.27. The summed E-state index contributed by atoms with van der Waals surface area (Å²) >= 11 is 0. The van der Waals surface area contributed by atoms with Crippen molar-refractivity contribution in [3.05, 3.63) is 48.6 Å². The molecule has 1 atom stereocenters. The molecule has 2 rings (SSSR count). The van der Waals surface area contributed by atoms with E-state index in [2.05, 4.69) is 36.3 Å². The molecule has 1 aromatic rings. The zero-order valence-electron chi connectivity index (χ0n) is 8.80. The topological polar surface area (TPSA) is 23.5 Å². The molecule has 0 saturated carbocycles. The molecule has 1 aliphatic rings. The summed E-state index contributed by atoms with van der Waals surface area (Å²) in [5.41, 5.74) is 1.12. The summed E-state index contributed by atoms with van der Waals surface area (Å²) in [4.78, 5) is 2.21. The van der Waals surface area contributed by atoms with Crippen molar-refractivity contribution in [2.45, 2.75) is 12.5 Å². The highest BCUT2D eigenvalue weighted by Crippen LogP contribution is 2.21. The molecule has 78 valence electrons. The van der Waals surface area contributed by atoms with Crippen LogP contribution in [0.2, 0.25) is 0 Å². The Morgan fingerprint density at radius 3 is 2.53 bits per heavy atom. The third-order valence-corrected chi connectivity index (χ3v) is 2.71. The molecule has 0 spiro atoms. The van der Waals surface area contributed by atoms with Crippen molar-refractivity contribution in [1.82, 2.24) is 0 Å². The molecule has 1 aromatic carbocycles. The highest BCUT2D eigenvalue weighted by Gasteiger charge is 2.11. The Balaban J connectivity index is 2.13. The summed E-state index contributed by atoms with van der Waals surface area (Å²) in [5, 5.41) is 9.21. The summed E-state index contributed by atoms with van der Waals surface area (Å²) in [7, 11) is 2.07. The van der Waals surface area contributed by atoms with E-state index in [1.807, 2.05) is 12.1 Å². The van der Waals surface area contributed by atoms with Gasteiger partial charge in [-0.2, -0.15) is 0 Å². The molecule has 0 aromatic heterocycles. The van der Waals surface area contributed by atoms with Crippen LogP contribution in [0.1, 0.15) is 6.42 Å². The maximum absolute atomic E-state index is 9.21. The zero-order valence-corrected chi connectivity index (χ0v) is 8.80. The number of likely N-dealkylation sites (N-methyl/N-ethyl adjacent to an activating group) is 1. The van der Waals surface area contributed by atoms with Crippen LogP contribution in [0.5, 0.6) is 5.75 Å². The van der Waals surface area contributed by atoms with Crippen molar-refractivity contribution in [2.24, 2.45) is 0 Å². The molecule has 2 heteroatoms. The monoisotopic (exact) mass is 201 g/mol. The van der Waals surface area contributed by atoms with Crippen molar-refractivity contribution in [2.75, 3.05) is 11.9 Å². The maximum Gasteiger partial charge on any atom is 0.115 e. The number of rotatable bonds is 2. The SMILES string of the molecule is CN(c1ccc(O)cc1)C1C=CC=CC1. The van der Waals surface area contributed by atoms with Crippen molar-refractivity contribution in [3.63, 3.8) is 0 Å². The first kappa shape index (κ1) is 9.84. The Morgan fingerprint density at radius 2 is 1.93 bits per heavy atom. The minimum atomic E-state index is 0.311. The van der Waals surface area contributed by atoms with Crippen LogP contribution in [0.3, 0.4) is 0 Å². The lowest BCUT2D eigenvalue weighted by molar-refractivity contribution is 0.475. The van der Waals surface area contributed by atoms with E-state index in [1.165, 1.54) is 0 Å². The van der Waals surface area contributed by atoms with E-state index in [0.717, 1.165) is 12.1 Å². The largest absolute Gasteiger partial charge is 0.508 e. The van der Waals surface area contributed by atoms with Crippen LogP contribution in [0.25, 0.3) is 0 Å². The molecule has 0 radical (unpaired) electrons. The second-order valence-electron chi connectivity index (χ2n) is 3.74. The van der Waals surface area contributed by atoms with Crippen LogP contribution in [-0.2, 0) is 0 Å². The van der Waals surface area contributed by atoms with E-state index < -0.39 is 0 Å². The zero-order chi connectivity index (χ0) is 10.7. The normalized spacial score (nSPS) is 19.1. The van der Waals surface area contributed by atoms with E-state index in [0.29, 0.717) is 11.8 Å². The van der Waals surface area contributed by atoms with Gasteiger partial charge >= 0.3 is 0 Å². The fourth-order valence-corrected chi connectivity index (χ4v) is 1.73. The summed E-state index contributed by atoms with van der Waals surface area (Å²) < 4.78 is 0. The molecule has 2 nitrogen and oxygen atoms in total. The van der Waals surface area contributed by atoms with Crippen LogP contribution in [0, 0.1) is 0 Å². The minimum absolute atomic E-state index is 0.311. The number of hydrogen-bond donors (Lipinski definition) is 1. The van der Waals surface area contributed by atoms with Gasteiger partial charge in [-0.15, -0.1) is 0 Å². The average molecular weight is 201 g/mol. The lowest BCUT2D eigenvalue weighted by Crippen LogP contribution is -2.29. The fraction of sp³-hybridized carbons (Fsp3) is 0.231. The number of benzene rings is 1. The number of anilines is 1. The first-order valence-corrected chi connectivity index (χ1v) is 5.12. The molecular weight excluding hydrogens is 186 g/mol. The number of aromatic hydroxyl groups is 1. The summed E-state index contributed by atoms with van der Waals surface area (Å²) in [6.45, 7) is 0. The molecular formula is C13H15NO. The first-order valence-electron chi connectivity index (χ1n) is 5.12. The van der Waals surface area contributed by atoms with Gasteiger partial charge in [0.2, 0.25) is 0 Å². The highest BCUT2D eigenvalue weighted by molar-refractivity contribution is 5.50. The highest BCUT2D eigenvalue weighted by atomic mass is 16.3.